The van der Waals surface area contributed by atoms with Crippen molar-refractivity contribution >= 4 is 33.3 Å². The monoisotopic (exact) mass is 323 g/mol. The molecule has 1 heterocycles. The van der Waals surface area contributed by atoms with Crippen LogP contribution in [0.1, 0.15) is 15.9 Å². The third kappa shape index (κ3) is 3.08. The third-order valence-corrected chi connectivity index (χ3v) is 3.38. The Morgan fingerprint density at radius 2 is 2.16 bits per heavy atom. The third-order valence-electron chi connectivity index (χ3n) is 2.55. The number of amides is 1. The van der Waals surface area contributed by atoms with E-state index in [0.29, 0.717) is 5.82 Å². The minimum absolute atomic E-state index is 0.0855. The number of nitrogen functional groups attached to an aromatic ring is 1. The lowest BCUT2D eigenvalue weighted by molar-refractivity contribution is 0.102. The summed E-state index contributed by atoms with van der Waals surface area (Å²) < 4.78 is 13.9. The molecule has 0 saturated carbocycles. The molecule has 2 rings (SSSR count). The number of rotatable bonds is 2. The van der Waals surface area contributed by atoms with Crippen LogP contribution in [0.15, 0.2) is 34.9 Å². The number of nitrogens with zero attached hydrogens (tertiary/aromatic N) is 1. The minimum atomic E-state index is -0.515. The molecule has 0 aliphatic rings. The molecule has 19 heavy (non-hydrogen) atoms. The lowest BCUT2D eigenvalue weighted by Gasteiger charge is -2.08. The largest absolute Gasteiger partial charge is 0.398 e. The van der Waals surface area contributed by atoms with Gasteiger partial charge in [-0.2, -0.15) is 0 Å². The predicted octanol–water partition coefficient (Wildman–Crippen LogP) is 3.13. The number of nitrogens with two attached hydrogens (primary N) is 1. The second kappa shape index (κ2) is 5.36. The summed E-state index contributed by atoms with van der Waals surface area (Å²) in [6.45, 7) is 1.87. The molecule has 0 radical (unpaired) electrons. The Kier molecular flexibility index (Phi) is 3.80. The van der Waals surface area contributed by atoms with E-state index in [1.54, 1.807) is 12.3 Å². The summed E-state index contributed by atoms with van der Waals surface area (Å²) in [4.78, 5) is 16.0. The Labute approximate surface area is 118 Å². The highest BCUT2D eigenvalue weighted by Crippen LogP contribution is 2.19. The van der Waals surface area contributed by atoms with Crippen molar-refractivity contribution in [3.8, 4) is 0 Å². The van der Waals surface area contributed by atoms with Crippen molar-refractivity contribution in [1.82, 2.24) is 4.98 Å². The van der Waals surface area contributed by atoms with Crippen molar-refractivity contribution in [3.05, 3.63) is 51.9 Å². The number of hydrogen-bond acceptors (Lipinski definition) is 3. The highest BCUT2D eigenvalue weighted by atomic mass is 79.9. The second-order valence-corrected chi connectivity index (χ2v) is 4.86. The van der Waals surface area contributed by atoms with Gasteiger partial charge in [0.15, 0.2) is 0 Å². The van der Waals surface area contributed by atoms with Crippen LogP contribution >= 0.6 is 15.9 Å². The number of aromatic nitrogens is 1. The first-order valence-corrected chi connectivity index (χ1v) is 6.25. The van der Waals surface area contributed by atoms with E-state index in [1.807, 2.05) is 6.92 Å². The molecular formula is C13H11BrFN3O. The fourth-order valence-electron chi connectivity index (χ4n) is 1.52. The van der Waals surface area contributed by atoms with Gasteiger partial charge in [-0.05, 0) is 52.7 Å². The van der Waals surface area contributed by atoms with Crippen molar-refractivity contribution in [2.75, 3.05) is 11.1 Å². The standard InChI is InChI=1S/C13H11BrFN3O/c1-7-4-12(17-6-10(7)14)18-13(19)9-5-8(15)2-3-11(9)16/h2-6H,16H2,1H3,(H,17,18,19). The Morgan fingerprint density at radius 1 is 1.42 bits per heavy atom. The molecular weight excluding hydrogens is 313 g/mol. The van der Waals surface area contributed by atoms with Crippen molar-refractivity contribution in [1.29, 1.82) is 0 Å². The molecule has 0 saturated heterocycles. The fraction of sp³-hybridized carbons (Fsp3) is 0.0769. The van der Waals surface area contributed by atoms with Crippen molar-refractivity contribution in [2.45, 2.75) is 6.92 Å². The van der Waals surface area contributed by atoms with Crippen LogP contribution in [0.4, 0.5) is 15.9 Å². The first-order chi connectivity index (χ1) is 8.97. The average Bonchev–Trinajstić information content (AvgIpc) is 2.36. The first-order valence-electron chi connectivity index (χ1n) is 5.46. The number of carbonyl (C=O) groups excluding carboxylic acids is 1. The number of hydrogen-bond donors (Lipinski definition) is 2. The number of benzene rings is 1. The molecule has 0 aliphatic carbocycles. The summed E-state index contributed by atoms with van der Waals surface area (Å²) in [5.41, 5.74) is 6.87. The highest BCUT2D eigenvalue weighted by Gasteiger charge is 2.12. The lowest BCUT2D eigenvalue weighted by atomic mass is 10.1. The van der Waals surface area contributed by atoms with Gasteiger partial charge in [0.25, 0.3) is 5.91 Å². The Hall–Kier alpha value is -1.95. The topological polar surface area (TPSA) is 68.0 Å². The van der Waals surface area contributed by atoms with Crippen LogP contribution in [-0.2, 0) is 0 Å². The van der Waals surface area contributed by atoms with Gasteiger partial charge < -0.3 is 11.1 Å². The van der Waals surface area contributed by atoms with Gasteiger partial charge in [0.1, 0.15) is 11.6 Å². The molecule has 0 atom stereocenters. The van der Waals surface area contributed by atoms with Crippen LogP contribution in [0.5, 0.6) is 0 Å². The van der Waals surface area contributed by atoms with E-state index >= 15 is 0 Å². The zero-order chi connectivity index (χ0) is 14.0. The number of anilines is 2. The number of pyridine rings is 1. The van der Waals surface area contributed by atoms with Crippen LogP contribution < -0.4 is 11.1 Å². The number of nitrogens with one attached hydrogen (secondary N) is 1. The van der Waals surface area contributed by atoms with Gasteiger partial charge in [0.2, 0.25) is 0 Å². The summed E-state index contributed by atoms with van der Waals surface area (Å²) >= 11 is 3.32. The van der Waals surface area contributed by atoms with Crippen LogP contribution in [-0.4, -0.2) is 10.9 Å². The van der Waals surface area contributed by atoms with E-state index in [0.717, 1.165) is 16.1 Å². The normalized spacial score (nSPS) is 10.3. The Morgan fingerprint density at radius 3 is 2.84 bits per heavy atom. The van der Waals surface area contributed by atoms with E-state index in [4.69, 9.17) is 5.73 Å². The highest BCUT2D eigenvalue weighted by molar-refractivity contribution is 9.10. The quantitative estimate of drug-likeness (QED) is 0.834. The van der Waals surface area contributed by atoms with Crippen molar-refractivity contribution < 1.29 is 9.18 Å². The van der Waals surface area contributed by atoms with Crippen molar-refractivity contribution in [3.63, 3.8) is 0 Å². The van der Waals surface area contributed by atoms with Gasteiger partial charge in [-0.3, -0.25) is 4.79 Å². The first kappa shape index (κ1) is 13.5. The summed E-state index contributed by atoms with van der Waals surface area (Å²) in [7, 11) is 0. The van der Waals surface area contributed by atoms with E-state index < -0.39 is 11.7 Å². The maximum absolute atomic E-state index is 13.1. The fourth-order valence-corrected chi connectivity index (χ4v) is 1.73. The predicted molar refractivity (Wildman–Crippen MR) is 75.4 cm³/mol. The summed E-state index contributed by atoms with van der Waals surface area (Å²) in [6, 6.07) is 5.35. The number of aryl methyl sites for hydroxylation is 1. The lowest BCUT2D eigenvalue weighted by Crippen LogP contribution is -2.15. The molecule has 0 fully saturated rings. The molecule has 3 N–H and O–H groups in total. The van der Waals surface area contributed by atoms with Crippen LogP contribution in [0.3, 0.4) is 0 Å². The van der Waals surface area contributed by atoms with Crippen molar-refractivity contribution in [2.24, 2.45) is 0 Å². The molecule has 2 aromatic rings. The van der Waals surface area contributed by atoms with E-state index in [-0.39, 0.29) is 11.3 Å². The number of carbonyl (C=O) groups is 1. The van der Waals surface area contributed by atoms with Crippen LogP contribution in [0.25, 0.3) is 0 Å². The summed E-state index contributed by atoms with van der Waals surface area (Å²) in [6.07, 6.45) is 1.58. The Balaban J connectivity index is 2.25. The molecule has 1 aromatic carbocycles. The van der Waals surface area contributed by atoms with E-state index in [2.05, 4.69) is 26.2 Å². The van der Waals surface area contributed by atoms with Gasteiger partial charge in [-0.25, -0.2) is 9.37 Å². The molecule has 1 amide bonds. The molecule has 0 bridgehead atoms. The smallest absolute Gasteiger partial charge is 0.259 e. The molecule has 0 unspecified atom stereocenters. The van der Waals surface area contributed by atoms with Crippen LogP contribution in [0, 0.1) is 12.7 Å². The zero-order valence-electron chi connectivity index (χ0n) is 10.1. The maximum Gasteiger partial charge on any atom is 0.259 e. The summed E-state index contributed by atoms with van der Waals surface area (Å²) in [5.74, 6) is -0.625. The average molecular weight is 324 g/mol. The molecule has 6 heteroatoms. The minimum Gasteiger partial charge on any atom is -0.398 e. The molecule has 0 spiro atoms. The van der Waals surface area contributed by atoms with Gasteiger partial charge in [-0.1, -0.05) is 0 Å². The SMILES string of the molecule is Cc1cc(NC(=O)c2cc(F)ccc2N)ncc1Br. The Bertz CT molecular complexity index is 646. The summed E-state index contributed by atoms with van der Waals surface area (Å²) in [5, 5.41) is 2.58. The van der Waals surface area contributed by atoms with Gasteiger partial charge in [0, 0.05) is 16.4 Å². The van der Waals surface area contributed by atoms with Gasteiger partial charge in [0.05, 0.1) is 5.56 Å². The molecule has 1 aromatic heterocycles. The van der Waals surface area contributed by atoms with E-state index in [9.17, 15) is 9.18 Å². The molecule has 0 aliphatic heterocycles. The zero-order valence-corrected chi connectivity index (χ0v) is 11.7. The van der Waals surface area contributed by atoms with Crippen LogP contribution in [0.2, 0.25) is 0 Å². The second-order valence-electron chi connectivity index (χ2n) is 4.00. The number of halogens is 2. The molecule has 98 valence electrons. The molecule has 4 nitrogen and oxygen atoms in total. The van der Waals surface area contributed by atoms with Gasteiger partial charge >= 0.3 is 0 Å². The maximum atomic E-state index is 13.1. The van der Waals surface area contributed by atoms with E-state index in [1.165, 1.54) is 12.1 Å². The van der Waals surface area contributed by atoms with Gasteiger partial charge in [-0.15, -0.1) is 0 Å².